The highest BCUT2D eigenvalue weighted by molar-refractivity contribution is 5.76. The van der Waals surface area contributed by atoms with Crippen molar-refractivity contribution in [2.24, 2.45) is 5.41 Å². The van der Waals surface area contributed by atoms with Crippen LogP contribution in [0.25, 0.3) is 0 Å². The summed E-state index contributed by atoms with van der Waals surface area (Å²) < 4.78 is 4.69. The Kier molecular flexibility index (Phi) is 3.93. The molecule has 0 amide bonds. The molecule has 1 atom stereocenters. The molecule has 1 saturated heterocycles. The molecule has 0 bridgehead atoms. The molecule has 0 radical (unpaired) electrons. The van der Waals surface area contributed by atoms with E-state index in [9.17, 15) is 4.79 Å². The molecule has 2 rings (SSSR count). The zero-order valence-corrected chi connectivity index (χ0v) is 9.43. The standard InChI is InChI=1S/C9H15NO2.C2H6/c1-12-8(11)7-5-9(6-10-7)3-2-4-9;1-2/h7,10H,2-6H2,1H3;1-2H3. The van der Waals surface area contributed by atoms with Gasteiger partial charge in [-0.15, -0.1) is 0 Å². The van der Waals surface area contributed by atoms with E-state index in [1.807, 2.05) is 13.8 Å². The fourth-order valence-electron chi connectivity index (χ4n) is 2.28. The van der Waals surface area contributed by atoms with E-state index in [1.165, 1.54) is 26.4 Å². The van der Waals surface area contributed by atoms with Crippen LogP contribution >= 0.6 is 0 Å². The number of ether oxygens (including phenoxy) is 1. The Morgan fingerprint density at radius 1 is 1.43 bits per heavy atom. The fraction of sp³-hybridized carbons (Fsp3) is 0.909. The molecule has 0 aromatic heterocycles. The zero-order valence-electron chi connectivity index (χ0n) is 9.43. The maximum atomic E-state index is 11.2. The maximum absolute atomic E-state index is 11.2. The molecule has 82 valence electrons. The van der Waals surface area contributed by atoms with Gasteiger partial charge in [-0.2, -0.15) is 0 Å². The second-order valence-electron chi connectivity index (χ2n) is 4.01. The normalized spacial score (nSPS) is 27.5. The summed E-state index contributed by atoms with van der Waals surface area (Å²) in [7, 11) is 1.45. The minimum Gasteiger partial charge on any atom is -0.468 e. The van der Waals surface area contributed by atoms with Gasteiger partial charge in [0.15, 0.2) is 0 Å². The number of esters is 1. The molecule has 1 unspecified atom stereocenters. The largest absolute Gasteiger partial charge is 0.468 e. The van der Waals surface area contributed by atoms with Crippen LogP contribution in [-0.2, 0) is 9.53 Å². The quantitative estimate of drug-likeness (QED) is 0.653. The summed E-state index contributed by atoms with van der Waals surface area (Å²) in [5.41, 5.74) is 0.457. The smallest absolute Gasteiger partial charge is 0.322 e. The molecular weight excluding hydrogens is 178 g/mol. The van der Waals surface area contributed by atoms with Crippen molar-refractivity contribution >= 4 is 5.97 Å². The van der Waals surface area contributed by atoms with Gasteiger partial charge in [0.25, 0.3) is 0 Å². The van der Waals surface area contributed by atoms with Crippen molar-refractivity contribution in [2.45, 2.75) is 45.6 Å². The van der Waals surface area contributed by atoms with Crippen molar-refractivity contribution in [3.05, 3.63) is 0 Å². The lowest BCUT2D eigenvalue weighted by molar-refractivity contribution is -0.143. The van der Waals surface area contributed by atoms with E-state index in [-0.39, 0.29) is 12.0 Å². The van der Waals surface area contributed by atoms with E-state index in [0.717, 1.165) is 13.0 Å². The number of nitrogens with one attached hydrogen (secondary N) is 1. The highest BCUT2D eigenvalue weighted by Crippen LogP contribution is 2.47. The second kappa shape index (κ2) is 4.78. The van der Waals surface area contributed by atoms with Gasteiger partial charge in [0.2, 0.25) is 0 Å². The van der Waals surface area contributed by atoms with E-state index in [0.29, 0.717) is 5.41 Å². The molecule has 1 N–H and O–H groups in total. The first-order valence-corrected chi connectivity index (χ1v) is 5.57. The van der Waals surface area contributed by atoms with E-state index in [4.69, 9.17) is 4.74 Å². The summed E-state index contributed by atoms with van der Waals surface area (Å²) in [5, 5.41) is 3.23. The topological polar surface area (TPSA) is 38.3 Å². The molecule has 1 spiro atoms. The zero-order chi connectivity index (χ0) is 10.6. The molecule has 3 nitrogen and oxygen atoms in total. The third-order valence-electron chi connectivity index (χ3n) is 3.26. The SMILES string of the molecule is CC.COC(=O)C1CC2(CCC2)CN1. The Morgan fingerprint density at radius 3 is 2.43 bits per heavy atom. The third-order valence-corrected chi connectivity index (χ3v) is 3.26. The minimum atomic E-state index is -0.0984. The molecule has 0 aromatic carbocycles. The van der Waals surface area contributed by atoms with Gasteiger partial charge in [-0.05, 0) is 24.7 Å². The summed E-state index contributed by atoms with van der Waals surface area (Å²) in [4.78, 5) is 11.2. The van der Waals surface area contributed by atoms with Crippen LogP contribution in [0, 0.1) is 5.41 Å². The number of carbonyl (C=O) groups is 1. The lowest BCUT2D eigenvalue weighted by Gasteiger charge is -2.37. The molecule has 3 heteroatoms. The van der Waals surface area contributed by atoms with Crippen LogP contribution in [0.1, 0.15) is 39.5 Å². The highest BCUT2D eigenvalue weighted by Gasteiger charge is 2.45. The predicted molar refractivity (Wildman–Crippen MR) is 56.1 cm³/mol. The van der Waals surface area contributed by atoms with Crippen LogP contribution in [0.3, 0.4) is 0 Å². The summed E-state index contributed by atoms with van der Waals surface area (Å²) in [6.07, 6.45) is 4.89. The predicted octanol–water partition coefficient (Wildman–Crippen LogP) is 1.72. The monoisotopic (exact) mass is 199 g/mol. The number of hydrogen-bond donors (Lipinski definition) is 1. The van der Waals surface area contributed by atoms with Crippen molar-refractivity contribution in [3.63, 3.8) is 0 Å². The van der Waals surface area contributed by atoms with E-state index in [2.05, 4.69) is 5.32 Å². The van der Waals surface area contributed by atoms with Crippen molar-refractivity contribution in [1.82, 2.24) is 5.32 Å². The molecule has 2 fully saturated rings. The van der Waals surface area contributed by atoms with Crippen LogP contribution in [0.4, 0.5) is 0 Å². The first kappa shape index (κ1) is 11.5. The first-order valence-electron chi connectivity index (χ1n) is 5.57. The fourth-order valence-corrected chi connectivity index (χ4v) is 2.28. The summed E-state index contributed by atoms with van der Waals surface area (Å²) >= 11 is 0. The minimum absolute atomic E-state index is 0.0321. The van der Waals surface area contributed by atoms with Crippen molar-refractivity contribution in [3.8, 4) is 0 Å². The summed E-state index contributed by atoms with van der Waals surface area (Å²) in [5.74, 6) is -0.0984. The average molecular weight is 199 g/mol. The maximum Gasteiger partial charge on any atom is 0.322 e. The van der Waals surface area contributed by atoms with E-state index >= 15 is 0 Å². The molecule has 1 aliphatic heterocycles. The Morgan fingerprint density at radius 2 is 2.07 bits per heavy atom. The Labute approximate surface area is 86.2 Å². The third kappa shape index (κ3) is 2.08. The Bertz CT molecular complexity index is 199. The van der Waals surface area contributed by atoms with Gasteiger partial charge in [-0.1, -0.05) is 20.3 Å². The number of rotatable bonds is 1. The lowest BCUT2D eigenvalue weighted by Crippen LogP contribution is -2.31. The second-order valence-corrected chi connectivity index (χ2v) is 4.01. The van der Waals surface area contributed by atoms with Crippen molar-refractivity contribution < 1.29 is 9.53 Å². The summed E-state index contributed by atoms with van der Waals surface area (Å²) in [6.45, 7) is 5.01. The van der Waals surface area contributed by atoms with Gasteiger partial charge in [0, 0.05) is 6.54 Å². The first-order chi connectivity index (χ1) is 6.76. The number of methoxy groups -OCH3 is 1. The molecular formula is C11H21NO2. The van der Waals surface area contributed by atoms with Crippen molar-refractivity contribution in [2.75, 3.05) is 13.7 Å². The molecule has 14 heavy (non-hydrogen) atoms. The summed E-state index contributed by atoms with van der Waals surface area (Å²) in [6, 6.07) is -0.0321. The highest BCUT2D eigenvalue weighted by atomic mass is 16.5. The van der Waals surface area contributed by atoms with Gasteiger partial charge in [-0.25, -0.2) is 0 Å². The molecule has 1 aliphatic carbocycles. The number of carbonyl (C=O) groups excluding carboxylic acids is 1. The van der Waals surface area contributed by atoms with Crippen LogP contribution in [0.2, 0.25) is 0 Å². The van der Waals surface area contributed by atoms with Crippen molar-refractivity contribution in [1.29, 1.82) is 0 Å². The Balaban J connectivity index is 0.000000461. The molecule has 1 heterocycles. The van der Waals surface area contributed by atoms with E-state index < -0.39 is 0 Å². The van der Waals surface area contributed by atoms with Crippen LogP contribution in [-0.4, -0.2) is 25.7 Å². The van der Waals surface area contributed by atoms with Crippen LogP contribution < -0.4 is 5.32 Å². The van der Waals surface area contributed by atoms with Crippen LogP contribution in [0.15, 0.2) is 0 Å². The molecule has 2 aliphatic rings. The van der Waals surface area contributed by atoms with E-state index in [1.54, 1.807) is 0 Å². The van der Waals surface area contributed by atoms with Gasteiger partial charge in [-0.3, -0.25) is 4.79 Å². The molecule has 1 saturated carbocycles. The van der Waals surface area contributed by atoms with Gasteiger partial charge in [0.05, 0.1) is 7.11 Å². The molecule has 0 aromatic rings. The van der Waals surface area contributed by atoms with Gasteiger partial charge >= 0.3 is 5.97 Å². The average Bonchev–Trinajstić information content (AvgIpc) is 2.64. The van der Waals surface area contributed by atoms with Crippen LogP contribution in [0.5, 0.6) is 0 Å². The van der Waals surface area contributed by atoms with Gasteiger partial charge in [0.1, 0.15) is 6.04 Å². The Hall–Kier alpha value is -0.570. The van der Waals surface area contributed by atoms with Gasteiger partial charge < -0.3 is 10.1 Å². The number of hydrogen-bond acceptors (Lipinski definition) is 3. The lowest BCUT2D eigenvalue weighted by atomic mass is 9.67.